The molecule has 0 bridgehead atoms. The van der Waals surface area contributed by atoms with Crippen molar-refractivity contribution in [2.45, 2.75) is 57.5 Å². The summed E-state index contributed by atoms with van der Waals surface area (Å²) in [5.41, 5.74) is 5.06. The van der Waals surface area contributed by atoms with Gasteiger partial charge in [0, 0.05) is 35.1 Å². The summed E-state index contributed by atoms with van der Waals surface area (Å²) in [5, 5.41) is 7.48. The Labute approximate surface area is 210 Å². The van der Waals surface area contributed by atoms with Crippen LogP contribution in [0, 0.1) is 0 Å². The SMILES string of the molecule is C=CCn1c(=O)c2cnc(Nc3ccc4c(c3)CCNC43CC3)nc2n1-c1cccc(C(C)(C)C)n1. The van der Waals surface area contributed by atoms with Crippen LogP contribution in [0.1, 0.15) is 50.4 Å². The fraction of sp³-hybridized carbons (Fsp3) is 0.357. The van der Waals surface area contributed by atoms with Crippen LogP contribution in [-0.2, 0) is 23.9 Å². The van der Waals surface area contributed by atoms with E-state index < -0.39 is 0 Å². The van der Waals surface area contributed by atoms with E-state index in [4.69, 9.17) is 9.97 Å². The van der Waals surface area contributed by atoms with Gasteiger partial charge in [-0.3, -0.25) is 4.79 Å². The van der Waals surface area contributed by atoms with E-state index in [1.807, 2.05) is 18.2 Å². The Bertz CT molecular complexity index is 1550. The molecule has 0 amide bonds. The first-order valence-corrected chi connectivity index (χ1v) is 12.5. The first-order valence-electron chi connectivity index (χ1n) is 12.5. The zero-order valence-electron chi connectivity index (χ0n) is 21.0. The van der Waals surface area contributed by atoms with Gasteiger partial charge in [-0.15, -0.1) is 6.58 Å². The van der Waals surface area contributed by atoms with Crippen molar-refractivity contribution in [3.05, 3.63) is 82.4 Å². The average Bonchev–Trinajstić information content (AvgIpc) is 3.57. The monoisotopic (exact) mass is 481 g/mol. The minimum Gasteiger partial charge on any atom is -0.324 e. The molecule has 1 aromatic carbocycles. The predicted molar refractivity (Wildman–Crippen MR) is 142 cm³/mol. The Balaban J connectivity index is 1.43. The zero-order valence-corrected chi connectivity index (χ0v) is 21.0. The summed E-state index contributed by atoms with van der Waals surface area (Å²) < 4.78 is 3.38. The molecule has 1 saturated carbocycles. The summed E-state index contributed by atoms with van der Waals surface area (Å²) in [5.74, 6) is 1.08. The van der Waals surface area contributed by atoms with E-state index in [1.54, 1.807) is 21.6 Å². The van der Waals surface area contributed by atoms with Crippen LogP contribution < -0.4 is 16.2 Å². The molecule has 0 unspecified atom stereocenters. The maximum Gasteiger partial charge on any atom is 0.278 e. The number of pyridine rings is 1. The maximum atomic E-state index is 13.3. The van der Waals surface area contributed by atoms with Crippen LogP contribution in [0.25, 0.3) is 16.9 Å². The molecule has 0 atom stereocenters. The lowest BCUT2D eigenvalue weighted by Gasteiger charge is -2.27. The second-order valence-electron chi connectivity index (χ2n) is 10.8. The van der Waals surface area contributed by atoms with E-state index in [1.165, 1.54) is 24.0 Å². The van der Waals surface area contributed by atoms with Gasteiger partial charge in [0.25, 0.3) is 5.56 Å². The number of allylic oxidation sites excluding steroid dienone is 1. The fourth-order valence-corrected chi connectivity index (χ4v) is 5.14. The molecule has 4 heterocycles. The van der Waals surface area contributed by atoms with Gasteiger partial charge < -0.3 is 10.6 Å². The molecular weight excluding hydrogens is 450 g/mol. The number of benzene rings is 1. The van der Waals surface area contributed by atoms with E-state index >= 15 is 0 Å². The second kappa shape index (κ2) is 8.13. The summed E-state index contributed by atoms with van der Waals surface area (Å²) in [6, 6.07) is 12.4. The lowest BCUT2D eigenvalue weighted by Crippen LogP contribution is -2.36. The summed E-state index contributed by atoms with van der Waals surface area (Å²) in [6.07, 6.45) is 6.71. The first-order chi connectivity index (χ1) is 17.3. The molecule has 36 heavy (non-hydrogen) atoms. The van der Waals surface area contributed by atoms with Gasteiger partial charge in [-0.25, -0.2) is 19.3 Å². The Hall–Kier alpha value is -3.78. The normalized spacial score (nSPS) is 16.2. The molecule has 2 N–H and O–H groups in total. The van der Waals surface area contributed by atoms with Crippen LogP contribution in [0.15, 0.2) is 60.0 Å². The topological polar surface area (TPSA) is 89.7 Å². The Kier molecular flexibility index (Phi) is 5.12. The van der Waals surface area contributed by atoms with Gasteiger partial charge in [0.05, 0.1) is 6.54 Å². The summed E-state index contributed by atoms with van der Waals surface area (Å²) in [6.45, 7) is 11.5. The third-order valence-electron chi connectivity index (χ3n) is 7.18. The number of nitrogens with one attached hydrogen (secondary N) is 2. The van der Waals surface area contributed by atoms with Crippen LogP contribution in [0.5, 0.6) is 0 Å². The summed E-state index contributed by atoms with van der Waals surface area (Å²) in [4.78, 5) is 27.4. The van der Waals surface area contributed by atoms with Gasteiger partial charge in [-0.1, -0.05) is 39.0 Å². The molecular formula is C28H31N7O. The minimum absolute atomic E-state index is 0.134. The zero-order chi connectivity index (χ0) is 25.1. The number of anilines is 2. The average molecular weight is 482 g/mol. The third kappa shape index (κ3) is 3.73. The lowest BCUT2D eigenvalue weighted by molar-refractivity contribution is 0.490. The number of rotatable bonds is 5. The molecule has 0 saturated heterocycles. The molecule has 8 heteroatoms. The molecule has 4 aromatic rings. The van der Waals surface area contributed by atoms with Crippen LogP contribution in [0.3, 0.4) is 0 Å². The number of hydrogen-bond donors (Lipinski definition) is 2. The van der Waals surface area contributed by atoms with Crippen molar-refractivity contribution in [2.75, 3.05) is 11.9 Å². The van der Waals surface area contributed by atoms with Crippen LogP contribution >= 0.6 is 0 Å². The van der Waals surface area contributed by atoms with Crippen molar-refractivity contribution in [3.63, 3.8) is 0 Å². The molecule has 6 rings (SSSR count). The van der Waals surface area contributed by atoms with Crippen molar-refractivity contribution in [2.24, 2.45) is 0 Å². The van der Waals surface area contributed by atoms with E-state index in [-0.39, 0.29) is 16.5 Å². The van der Waals surface area contributed by atoms with Crippen LogP contribution in [0.4, 0.5) is 11.6 Å². The molecule has 8 nitrogen and oxygen atoms in total. The van der Waals surface area contributed by atoms with Crippen LogP contribution in [0.2, 0.25) is 0 Å². The minimum atomic E-state index is -0.171. The van der Waals surface area contributed by atoms with E-state index in [0.29, 0.717) is 29.3 Å². The molecule has 2 aliphatic rings. The van der Waals surface area contributed by atoms with Gasteiger partial charge in [0.2, 0.25) is 5.95 Å². The largest absolute Gasteiger partial charge is 0.324 e. The number of hydrogen-bond acceptors (Lipinski definition) is 6. The highest BCUT2D eigenvalue weighted by Crippen LogP contribution is 2.48. The Morgan fingerprint density at radius 1 is 1.19 bits per heavy atom. The van der Waals surface area contributed by atoms with E-state index in [0.717, 1.165) is 24.3 Å². The van der Waals surface area contributed by atoms with Crippen LogP contribution in [-0.4, -0.2) is 30.9 Å². The quantitative estimate of drug-likeness (QED) is 0.412. The second-order valence-corrected chi connectivity index (χ2v) is 10.8. The molecule has 1 aliphatic carbocycles. The molecule has 1 fully saturated rings. The fourth-order valence-electron chi connectivity index (χ4n) is 5.14. The number of aromatic nitrogens is 5. The van der Waals surface area contributed by atoms with E-state index in [2.05, 4.69) is 61.2 Å². The predicted octanol–water partition coefficient (Wildman–Crippen LogP) is 4.34. The highest BCUT2D eigenvalue weighted by Gasteiger charge is 2.46. The van der Waals surface area contributed by atoms with Gasteiger partial charge in [-0.05, 0) is 54.7 Å². The van der Waals surface area contributed by atoms with Gasteiger partial charge in [0.1, 0.15) is 5.39 Å². The van der Waals surface area contributed by atoms with Crippen molar-refractivity contribution in [1.29, 1.82) is 0 Å². The van der Waals surface area contributed by atoms with E-state index in [9.17, 15) is 4.79 Å². The standard InChI is InChI=1S/C28H31N7O/c1-5-15-34-25(36)20-17-29-26(31-19-9-10-21-18(16-19)11-14-30-28(21)12-13-28)33-24(20)35(34)23-8-6-7-22(32-23)27(2,3)4/h5-10,16-17,30H,1,11-15H2,2-4H3,(H,29,31,33). The summed E-state index contributed by atoms with van der Waals surface area (Å²) in [7, 11) is 0. The highest BCUT2D eigenvalue weighted by molar-refractivity contribution is 5.77. The maximum absolute atomic E-state index is 13.3. The molecule has 1 aliphatic heterocycles. The van der Waals surface area contributed by atoms with Gasteiger partial charge in [0.15, 0.2) is 11.5 Å². The van der Waals surface area contributed by atoms with Crippen molar-refractivity contribution >= 4 is 22.7 Å². The van der Waals surface area contributed by atoms with Crippen molar-refractivity contribution < 1.29 is 0 Å². The van der Waals surface area contributed by atoms with Gasteiger partial charge in [-0.2, -0.15) is 4.98 Å². The number of fused-ring (bicyclic) bond motifs is 3. The third-order valence-corrected chi connectivity index (χ3v) is 7.18. The lowest BCUT2D eigenvalue weighted by atomic mass is 9.92. The Morgan fingerprint density at radius 2 is 2.03 bits per heavy atom. The number of nitrogens with zero attached hydrogens (tertiary/aromatic N) is 5. The molecule has 3 aromatic heterocycles. The molecule has 0 radical (unpaired) electrons. The smallest absolute Gasteiger partial charge is 0.278 e. The highest BCUT2D eigenvalue weighted by atomic mass is 16.1. The first kappa shape index (κ1) is 22.7. The van der Waals surface area contributed by atoms with Crippen molar-refractivity contribution in [1.82, 2.24) is 29.6 Å². The van der Waals surface area contributed by atoms with Gasteiger partial charge >= 0.3 is 0 Å². The Morgan fingerprint density at radius 3 is 2.78 bits per heavy atom. The molecule has 184 valence electrons. The molecule has 1 spiro atoms. The summed E-state index contributed by atoms with van der Waals surface area (Å²) >= 11 is 0. The van der Waals surface area contributed by atoms with Crippen molar-refractivity contribution in [3.8, 4) is 5.82 Å².